The summed E-state index contributed by atoms with van der Waals surface area (Å²) in [5, 5.41) is 9.39. The summed E-state index contributed by atoms with van der Waals surface area (Å²) in [6.07, 6.45) is 1.37. The number of carboxylic acid groups (broad SMARTS) is 1. The van der Waals surface area contributed by atoms with Gasteiger partial charge in [-0.1, -0.05) is 25.1 Å². The highest BCUT2D eigenvalue weighted by atomic mass is 16.4. The number of hydrogen-bond acceptors (Lipinski definition) is 2. The Morgan fingerprint density at radius 2 is 2.05 bits per heavy atom. The number of carbonyl (C=O) groups excluding carboxylic acids is 1. The Balaban J connectivity index is 1.92. The number of carbonyl (C=O) groups is 2. The van der Waals surface area contributed by atoms with Gasteiger partial charge in [0.15, 0.2) is 0 Å². The van der Waals surface area contributed by atoms with Crippen LogP contribution in [0.3, 0.4) is 0 Å². The minimum atomic E-state index is -0.943. The lowest BCUT2D eigenvalue weighted by atomic mass is 10.1. The van der Waals surface area contributed by atoms with Crippen LogP contribution in [0.15, 0.2) is 24.3 Å². The van der Waals surface area contributed by atoms with Gasteiger partial charge < -0.3 is 10.0 Å². The van der Waals surface area contributed by atoms with Crippen LogP contribution in [0.5, 0.6) is 0 Å². The number of aliphatic carboxylic acids is 1. The Hall–Kier alpha value is -2.04. The average molecular weight is 274 g/mol. The van der Waals surface area contributed by atoms with Crippen LogP contribution >= 0.6 is 0 Å². The van der Waals surface area contributed by atoms with Gasteiger partial charge in [-0.2, -0.15) is 0 Å². The molecule has 0 aromatic heterocycles. The maximum absolute atomic E-state index is 12.7. The monoisotopic (exact) mass is 274 g/mol. The highest BCUT2D eigenvalue weighted by Gasteiger charge is 2.41. The molecule has 1 fully saturated rings. The molecule has 3 rings (SSSR count). The third kappa shape index (κ3) is 2.03. The quantitative estimate of drug-likeness (QED) is 0.851. The highest BCUT2D eigenvalue weighted by molar-refractivity contribution is 6.01. The Morgan fingerprint density at radius 3 is 2.70 bits per heavy atom. The maximum Gasteiger partial charge on any atom is 0.327 e. The van der Waals surface area contributed by atoms with Gasteiger partial charge in [-0.15, -0.1) is 0 Å². The number of fused-ring (bicyclic) bond motifs is 1. The van der Waals surface area contributed by atoms with Crippen molar-refractivity contribution in [3.63, 3.8) is 0 Å². The lowest BCUT2D eigenvalue weighted by Crippen LogP contribution is -2.49. The number of benzene rings is 1. The molecule has 2 heterocycles. The second-order valence-corrected chi connectivity index (χ2v) is 5.68. The van der Waals surface area contributed by atoms with Crippen LogP contribution in [0.25, 0.3) is 0 Å². The molecule has 5 nitrogen and oxygen atoms in total. The van der Waals surface area contributed by atoms with Crippen molar-refractivity contribution >= 4 is 17.7 Å². The average Bonchev–Trinajstić information content (AvgIpc) is 3.01. The molecule has 1 aromatic carbocycles. The number of para-hydroxylation sites is 1. The predicted octanol–water partition coefficient (Wildman–Crippen LogP) is 1.96. The van der Waals surface area contributed by atoms with E-state index in [9.17, 15) is 14.7 Å². The van der Waals surface area contributed by atoms with Crippen LogP contribution in [0.1, 0.15) is 18.9 Å². The fourth-order valence-corrected chi connectivity index (χ4v) is 3.08. The molecule has 1 N–H and O–H groups in total. The summed E-state index contributed by atoms with van der Waals surface area (Å²) in [4.78, 5) is 27.3. The third-order valence-corrected chi connectivity index (χ3v) is 4.16. The van der Waals surface area contributed by atoms with E-state index in [1.807, 2.05) is 24.3 Å². The topological polar surface area (TPSA) is 60.9 Å². The molecule has 0 aliphatic carbocycles. The summed E-state index contributed by atoms with van der Waals surface area (Å²) in [6.45, 7) is 3.54. The van der Waals surface area contributed by atoms with Gasteiger partial charge in [0, 0.05) is 25.2 Å². The molecule has 2 aliphatic heterocycles. The van der Waals surface area contributed by atoms with Crippen molar-refractivity contribution < 1.29 is 14.7 Å². The molecule has 1 aromatic rings. The summed E-state index contributed by atoms with van der Waals surface area (Å²) >= 11 is 0. The first-order valence-corrected chi connectivity index (χ1v) is 6.97. The van der Waals surface area contributed by atoms with Gasteiger partial charge in [0.1, 0.15) is 6.04 Å². The SMILES string of the molecule is CC1CCN(C(=O)N2c3ccccc3C[C@H]2C(=O)O)C1. The van der Waals surface area contributed by atoms with Gasteiger partial charge in [0.05, 0.1) is 0 Å². The zero-order valence-electron chi connectivity index (χ0n) is 11.5. The number of hydrogen-bond donors (Lipinski definition) is 1. The van der Waals surface area contributed by atoms with E-state index < -0.39 is 12.0 Å². The van der Waals surface area contributed by atoms with E-state index in [1.54, 1.807) is 4.90 Å². The van der Waals surface area contributed by atoms with E-state index in [4.69, 9.17) is 0 Å². The molecule has 2 amide bonds. The van der Waals surface area contributed by atoms with Crippen LogP contribution in [-0.2, 0) is 11.2 Å². The first-order chi connectivity index (χ1) is 9.58. The third-order valence-electron chi connectivity index (χ3n) is 4.16. The summed E-state index contributed by atoms with van der Waals surface area (Å²) in [5.41, 5.74) is 1.67. The normalized spacial score (nSPS) is 24.9. The van der Waals surface area contributed by atoms with Gasteiger partial charge in [0.2, 0.25) is 0 Å². The number of carboxylic acids is 1. The minimum absolute atomic E-state index is 0.174. The van der Waals surface area contributed by atoms with Gasteiger partial charge >= 0.3 is 12.0 Å². The van der Waals surface area contributed by atoms with Crippen molar-refractivity contribution in [1.29, 1.82) is 0 Å². The lowest BCUT2D eigenvalue weighted by Gasteiger charge is -2.28. The van der Waals surface area contributed by atoms with E-state index in [-0.39, 0.29) is 6.03 Å². The van der Waals surface area contributed by atoms with E-state index in [0.29, 0.717) is 25.4 Å². The standard InChI is InChI=1S/C15H18N2O3/c1-10-6-7-16(9-10)15(20)17-12-5-3-2-4-11(12)8-13(17)14(18)19/h2-5,10,13H,6-9H2,1H3,(H,18,19)/t10?,13-/m0/s1. The summed E-state index contributed by atoms with van der Waals surface area (Å²) in [5.74, 6) is -0.457. The summed E-state index contributed by atoms with van der Waals surface area (Å²) in [7, 11) is 0. The van der Waals surface area contributed by atoms with Gasteiger partial charge in [-0.25, -0.2) is 9.59 Å². The Labute approximate surface area is 117 Å². The van der Waals surface area contributed by atoms with Crippen molar-refractivity contribution in [2.24, 2.45) is 5.92 Å². The van der Waals surface area contributed by atoms with Crippen LogP contribution in [0.4, 0.5) is 10.5 Å². The molecular formula is C15H18N2O3. The smallest absolute Gasteiger partial charge is 0.327 e. The molecule has 0 spiro atoms. The van der Waals surface area contributed by atoms with E-state index in [0.717, 1.165) is 17.7 Å². The molecule has 0 bridgehead atoms. The molecule has 2 aliphatic rings. The molecule has 0 saturated carbocycles. The van der Waals surface area contributed by atoms with Gasteiger partial charge in [-0.3, -0.25) is 4.90 Å². The number of urea groups is 1. The zero-order valence-corrected chi connectivity index (χ0v) is 11.5. The number of likely N-dealkylation sites (tertiary alicyclic amines) is 1. The van der Waals surface area contributed by atoms with Crippen LogP contribution in [0, 0.1) is 5.92 Å². The molecule has 20 heavy (non-hydrogen) atoms. The Morgan fingerprint density at radius 1 is 1.30 bits per heavy atom. The van der Waals surface area contributed by atoms with Gasteiger partial charge in [-0.05, 0) is 24.0 Å². The fraction of sp³-hybridized carbons (Fsp3) is 0.467. The van der Waals surface area contributed by atoms with Crippen LogP contribution in [-0.4, -0.2) is 41.1 Å². The molecule has 1 unspecified atom stereocenters. The van der Waals surface area contributed by atoms with E-state index in [1.165, 1.54) is 4.90 Å². The van der Waals surface area contributed by atoms with Crippen molar-refractivity contribution in [3.8, 4) is 0 Å². The van der Waals surface area contributed by atoms with E-state index >= 15 is 0 Å². The molecule has 0 radical (unpaired) electrons. The molecular weight excluding hydrogens is 256 g/mol. The van der Waals surface area contributed by atoms with Crippen molar-refractivity contribution in [1.82, 2.24) is 4.90 Å². The number of anilines is 1. The van der Waals surface area contributed by atoms with Crippen molar-refractivity contribution in [2.75, 3.05) is 18.0 Å². The Kier molecular flexibility index (Phi) is 3.12. The molecule has 1 saturated heterocycles. The summed E-state index contributed by atoms with van der Waals surface area (Å²) < 4.78 is 0. The fourth-order valence-electron chi connectivity index (χ4n) is 3.08. The molecule has 106 valence electrons. The largest absolute Gasteiger partial charge is 0.480 e. The van der Waals surface area contributed by atoms with Crippen LogP contribution in [0.2, 0.25) is 0 Å². The highest BCUT2D eigenvalue weighted by Crippen LogP contribution is 2.33. The number of rotatable bonds is 1. The summed E-state index contributed by atoms with van der Waals surface area (Å²) in [6, 6.07) is 6.49. The van der Waals surface area contributed by atoms with Crippen LogP contribution < -0.4 is 4.90 Å². The first kappa shape index (κ1) is 13.0. The molecule has 5 heteroatoms. The van der Waals surface area contributed by atoms with Crippen molar-refractivity contribution in [2.45, 2.75) is 25.8 Å². The predicted molar refractivity (Wildman–Crippen MR) is 74.8 cm³/mol. The minimum Gasteiger partial charge on any atom is -0.480 e. The van der Waals surface area contributed by atoms with Gasteiger partial charge in [0.25, 0.3) is 0 Å². The Bertz CT molecular complexity index is 558. The maximum atomic E-state index is 12.7. The number of amides is 2. The first-order valence-electron chi connectivity index (χ1n) is 6.97. The molecule has 2 atom stereocenters. The zero-order chi connectivity index (χ0) is 14.3. The second-order valence-electron chi connectivity index (χ2n) is 5.68. The second kappa shape index (κ2) is 4.81. The van der Waals surface area contributed by atoms with Crippen molar-refractivity contribution in [3.05, 3.63) is 29.8 Å². The van der Waals surface area contributed by atoms with E-state index in [2.05, 4.69) is 6.92 Å². The lowest BCUT2D eigenvalue weighted by molar-refractivity contribution is -0.138. The number of nitrogens with zero attached hydrogens (tertiary/aromatic N) is 2.